The van der Waals surface area contributed by atoms with E-state index in [-0.39, 0.29) is 5.91 Å². The van der Waals surface area contributed by atoms with Gasteiger partial charge in [0.2, 0.25) is 0 Å². The van der Waals surface area contributed by atoms with Crippen molar-refractivity contribution < 1.29 is 9.21 Å². The molecule has 0 bridgehead atoms. The average molecular weight is 374 g/mol. The van der Waals surface area contributed by atoms with Crippen molar-refractivity contribution in [1.82, 2.24) is 4.98 Å². The molecule has 4 rings (SSSR count). The van der Waals surface area contributed by atoms with Crippen LogP contribution in [0.25, 0.3) is 11.1 Å². The Hall–Kier alpha value is -3.05. The first-order valence-corrected chi connectivity index (χ1v) is 9.62. The summed E-state index contributed by atoms with van der Waals surface area (Å²) in [7, 11) is 0. The van der Waals surface area contributed by atoms with Crippen LogP contribution < -0.4 is 5.32 Å². The molecule has 1 amide bonds. The van der Waals surface area contributed by atoms with E-state index < -0.39 is 0 Å². The molecule has 0 unspecified atom stereocenters. The van der Waals surface area contributed by atoms with E-state index in [0.29, 0.717) is 16.5 Å². The van der Waals surface area contributed by atoms with Crippen LogP contribution in [0, 0.1) is 6.92 Å². The molecule has 1 N–H and O–H groups in total. The fraction of sp³-hybridized carbons (Fsp3) is 0.0909. The molecule has 0 aliphatic heterocycles. The van der Waals surface area contributed by atoms with Gasteiger partial charge in [0.05, 0.1) is 0 Å². The third kappa shape index (κ3) is 4.04. The van der Waals surface area contributed by atoms with Gasteiger partial charge in [0.15, 0.2) is 5.58 Å². The maximum absolute atomic E-state index is 12.7. The number of nitrogens with zero attached hydrogens (tertiary/aromatic N) is 1. The topological polar surface area (TPSA) is 55.1 Å². The standard InChI is InChI=1S/C22H18N2O2S/c1-15-10-12-17(13-11-15)23-21(25)18-7-3-2-6-16(18)14-27-22-24-19-8-4-5-9-20(19)26-22/h2-13H,14H2,1H3,(H,23,25). The van der Waals surface area contributed by atoms with Crippen LogP contribution >= 0.6 is 11.8 Å². The van der Waals surface area contributed by atoms with Crippen LogP contribution in [0.3, 0.4) is 0 Å². The normalized spacial score (nSPS) is 10.9. The van der Waals surface area contributed by atoms with Gasteiger partial charge in [0.25, 0.3) is 11.1 Å². The van der Waals surface area contributed by atoms with Crippen molar-refractivity contribution in [2.24, 2.45) is 0 Å². The molecule has 0 aliphatic rings. The number of hydrogen-bond acceptors (Lipinski definition) is 4. The molecule has 3 aromatic carbocycles. The number of fused-ring (bicyclic) bond motifs is 1. The number of carbonyl (C=O) groups is 1. The Labute approximate surface area is 161 Å². The SMILES string of the molecule is Cc1ccc(NC(=O)c2ccccc2CSc2nc3ccccc3o2)cc1. The van der Waals surface area contributed by atoms with Gasteiger partial charge in [-0.15, -0.1) is 0 Å². The number of oxazole rings is 1. The van der Waals surface area contributed by atoms with Crippen molar-refractivity contribution in [3.8, 4) is 0 Å². The third-order valence-corrected chi connectivity index (χ3v) is 5.07. The van der Waals surface area contributed by atoms with E-state index >= 15 is 0 Å². The number of para-hydroxylation sites is 2. The fourth-order valence-electron chi connectivity index (χ4n) is 2.76. The van der Waals surface area contributed by atoms with Crippen LogP contribution in [-0.2, 0) is 5.75 Å². The Morgan fingerprint density at radius 1 is 1.00 bits per heavy atom. The molecular formula is C22H18N2O2S. The molecule has 0 spiro atoms. The number of amides is 1. The average Bonchev–Trinajstić information content (AvgIpc) is 3.11. The number of benzene rings is 3. The van der Waals surface area contributed by atoms with Crippen molar-refractivity contribution in [1.29, 1.82) is 0 Å². The molecule has 4 aromatic rings. The Balaban J connectivity index is 1.50. The number of thioether (sulfide) groups is 1. The largest absolute Gasteiger partial charge is 0.431 e. The molecule has 0 radical (unpaired) electrons. The fourth-order valence-corrected chi connectivity index (χ4v) is 3.60. The molecule has 0 aliphatic carbocycles. The van der Waals surface area contributed by atoms with Crippen LogP contribution in [0.2, 0.25) is 0 Å². The molecule has 5 heteroatoms. The van der Waals surface area contributed by atoms with Gasteiger partial charge in [-0.05, 0) is 42.8 Å². The zero-order chi connectivity index (χ0) is 18.6. The Bertz CT molecular complexity index is 1050. The zero-order valence-corrected chi connectivity index (χ0v) is 15.6. The molecule has 4 nitrogen and oxygen atoms in total. The lowest BCUT2D eigenvalue weighted by Crippen LogP contribution is -2.14. The molecule has 27 heavy (non-hydrogen) atoms. The molecular weight excluding hydrogens is 356 g/mol. The molecule has 1 heterocycles. The number of carbonyl (C=O) groups excluding carboxylic acids is 1. The number of anilines is 1. The Morgan fingerprint density at radius 2 is 1.74 bits per heavy atom. The molecule has 134 valence electrons. The van der Waals surface area contributed by atoms with Crippen LogP contribution in [-0.4, -0.2) is 10.9 Å². The summed E-state index contributed by atoms with van der Waals surface area (Å²) >= 11 is 1.48. The highest BCUT2D eigenvalue weighted by Gasteiger charge is 2.13. The summed E-state index contributed by atoms with van der Waals surface area (Å²) in [5.41, 5.74) is 5.14. The second kappa shape index (κ2) is 7.68. The minimum absolute atomic E-state index is 0.118. The lowest BCUT2D eigenvalue weighted by atomic mass is 10.1. The van der Waals surface area contributed by atoms with Crippen molar-refractivity contribution >= 4 is 34.5 Å². The lowest BCUT2D eigenvalue weighted by Gasteiger charge is -2.09. The maximum Gasteiger partial charge on any atom is 0.257 e. The summed E-state index contributed by atoms with van der Waals surface area (Å²) in [6, 6.07) is 23.0. The number of rotatable bonds is 5. The maximum atomic E-state index is 12.7. The molecule has 0 atom stereocenters. The highest BCUT2D eigenvalue weighted by atomic mass is 32.2. The van der Waals surface area contributed by atoms with Gasteiger partial charge in [-0.25, -0.2) is 4.98 Å². The van der Waals surface area contributed by atoms with Crippen LogP contribution in [0.5, 0.6) is 0 Å². The minimum atomic E-state index is -0.118. The van der Waals surface area contributed by atoms with Crippen LogP contribution in [0.1, 0.15) is 21.5 Å². The van der Waals surface area contributed by atoms with E-state index in [4.69, 9.17) is 4.42 Å². The molecule has 0 saturated carbocycles. The van der Waals surface area contributed by atoms with Gasteiger partial charge in [-0.1, -0.05) is 59.8 Å². The predicted molar refractivity (Wildman–Crippen MR) is 109 cm³/mol. The van der Waals surface area contributed by atoms with E-state index in [2.05, 4.69) is 10.3 Å². The number of nitrogens with one attached hydrogen (secondary N) is 1. The number of hydrogen-bond donors (Lipinski definition) is 1. The molecule has 0 fully saturated rings. The second-order valence-electron chi connectivity index (χ2n) is 6.21. The lowest BCUT2D eigenvalue weighted by molar-refractivity contribution is 0.102. The second-order valence-corrected chi connectivity index (χ2v) is 7.14. The van der Waals surface area contributed by atoms with Gasteiger partial charge < -0.3 is 9.73 Å². The van der Waals surface area contributed by atoms with Crippen LogP contribution in [0.4, 0.5) is 5.69 Å². The third-order valence-electron chi connectivity index (χ3n) is 4.20. The quantitative estimate of drug-likeness (QED) is 0.457. The number of aryl methyl sites for hydroxylation is 1. The summed E-state index contributed by atoms with van der Waals surface area (Å²) < 4.78 is 5.75. The summed E-state index contributed by atoms with van der Waals surface area (Å²) in [5, 5.41) is 3.56. The summed E-state index contributed by atoms with van der Waals surface area (Å²) in [5.74, 6) is 0.484. The van der Waals surface area contributed by atoms with Gasteiger partial charge >= 0.3 is 0 Å². The first-order valence-electron chi connectivity index (χ1n) is 8.63. The van der Waals surface area contributed by atoms with E-state index in [0.717, 1.165) is 27.9 Å². The van der Waals surface area contributed by atoms with Crippen LogP contribution in [0.15, 0.2) is 82.4 Å². The first-order chi connectivity index (χ1) is 13.2. The van der Waals surface area contributed by atoms with E-state index in [1.165, 1.54) is 11.8 Å². The highest BCUT2D eigenvalue weighted by molar-refractivity contribution is 7.98. The molecule has 0 saturated heterocycles. The number of aromatic nitrogens is 1. The summed E-state index contributed by atoms with van der Waals surface area (Å²) in [6.07, 6.45) is 0. The van der Waals surface area contributed by atoms with Crippen molar-refractivity contribution in [3.05, 3.63) is 89.5 Å². The minimum Gasteiger partial charge on any atom is -0.431 e. The Morgan fingerprint density at radius 3 is 2.56 bits per heavy atom. The van der Waals surface area contributed by atoms with E-state index in [1.807, 2.05) is 79.7 Å². The van der Waals surface area contributed by atoms with Gasteiger partial charge in [0, 0.05) is 17.0 Å². The monoisotopic (exact) mass is 374 g/mol. The van der Waals surface area contributed by atoms with Crippen molar-refractivity contribution in [3.63, 3.8) is 0 Å². The first kappa shape index (κ1) is 17.4. The van der Waals surface area contributed by atoms with Crippen molar-refractivity contribution in [2.75, 3.05) is 5.32 Å². The smallest absolute Gasteiger partial charge is 0.257 e. The zero-order valence-electron chi connectivity index (χ0n) is 14.8. The van der Waals surface area contributed by atoms with Gasteiger partial charge in [-0.3, -0.25) is 4.79 Å². The van der Waals surface area contributed by atoms with Gasteiger partial charge in [-0.2, -0.15) is 0 Å². The predicted octanol–water partition coefficient (Wildman–Crippen LogP) is 5.68. The molecule has 1 aromatic heterocycles. The van der Waals surface area contributed by atoms with E-state index in [9.17, 15) is 4.79 Å². The van der Waals surface area contributed by atoms with E-state index in [1.54, 1.807) is 0 Å². The van der Waals surface area contributed by atoms with Gasteiger partial charge in [0.1, 0.15) is 5.52 Å². The summed E-state index contributed by atoms with van der Waals surface area (Å²) in [4.78, 5) is 17.2. The van der Waals surface area contributed by atoms with Crippen molar-refractivity contribution in [2.45, 2.75) is 17.9 Å². The summed E-state index contributed by atoms with van der Waals surface area (Å²) in [6.45, 7) is 2.02. The highest BCUT2D eigenvalue weighted by Crippen LogP contribution is 2.27. The Kier molecular flexibility index (Phi) is 4.94.